The van der Waals surface area contributed by atoms with Crippen LogP contribution in [0, 0.1) is 0 Å². The lowest BCUT2D eigenvalue weighted by Crippen LogP contribution is -2.59. The number of carbonyl (C=O) groups excluding carboxylic acids is 1. The molecule has 0 aromatic heterocycles. The minimum absolute atomic E-state index is 0.927. The highest BCUT2D eigenvalue weighted by Crippen LogP contribution is 2.18. The van der Waals surface area contributed by atoms with Crippen molar-refractivity contribution in [3.8, 4) is 0 Å². The summed E-state index contributed by atoms with van der Waals surface area (Å²) >= 11 is 0. The van der Waals surface area contributed by atoms with E-state index in [1.54, 1.807) is 0 Å². The van der Waals surface area contributed by atoms with E-state index in [-0.39, 0.29) is 0 Å². The van der Waals surface area contributed by atoms with Crippen molar-refractivity contribution in [2.45, 2.75) is 24.7 Å². The normalized spacial score (nSPS) is 18.3. The molecule has 0 radical (unpaired) electrons. The lowest BCUT2D eigenvalue weighted by Gasteiger charge is -2.32. The van der Waals surface area contributed by atoms with Gasteiger partial charge in [-0.15, -0.1) is 0 Å². The largest absolute Gasteiger partial charge is 0.479 e. The SMILES string of the molecule is CC(=O)OC(C(O)CO)C(O)(CO)C(=O)O. The van der Waals surface area contributed by atoms with Crippen LogP contribution in [0.15, 0.2) is 0 Å². The number of carboxylic acids is 1. The monoisotopic (exact) mass is 238 g/mol. The van der Waals surface area contributed by atoms with Crippen molar-refractivity contribution >= 4 is 11.9 Å². The molecule has 0 aromatic carbocycles. The molecule has 0 spiro atoms. The van der Waals surface area contributed by atoms with Crippen LogP contribution in [0.1, 0.15) is 6.92 Å². The molecule has 0 bridgehead atoms. The van der Waals surface area contributed by atoms with Crippen LogP contribution in [0.4, 0.5) is 0 Å². The van der Waals surface area contributed by atoms with Crippen LogP contribution in [0.3, 0.4) is 0 Å². The number of esters is 1. The minimum Gasteiger partial charge on any atom is -0.479 e. The van der Waals surface area contributed by atoms with E-state index < -0.39 is 43.0 Å². The Bertz CT molecular complexity index is 265. The summed E-state index contributed by atoms with van der Waals surface area (Å²) in [6.07, 6.45) is -3.78. The number of hydrogen-bond donors (Lipinski definition) is 5. The average Bonchev–Trinajstić information content (AvgIpc) is 2.23. The highest BCUT2D eigenvalue weighted by atomic mass is 16.6. The molecule has 16 heavy (non-hydrogen) atoms. The number of carbonyl (C=O) groups is 2. The Morgan fingerprint density at radius 1 is 1.38 bits per heavy atom. The fraction of sp³-hybridized carbons (Fsp3) is 0.750. The number of aliphatic hydroxyl groups excluding tert-OH is 3. The molecule has 8 heteroatoms. The van der Waals surface area contributed by atoms with Crippen molar-refractivity contribution in [1.82, 2.24) is 0 Å². The van der Waals surface area contributed by atoms with Crippen molar-refractivity contribution < 1.29 is 39.9 Å². The van der Waals surface area contributed by atoms with Gasteiger partial charge in [0.05, 0.1) is 13.2 Å². The third kappa shape index (κ3) is 3.14. The van der Waals surface area contributed by atoms with Crippen molar-refractivity contribution in [2.75, 3.05) is 13.2 Å². The average molecular weight is 238 g/mol. The van der Waals surface area contributed by atoms with E-state index in [0.29, 0.717) is 0 Å². The number of aliphatic hydroxyl groups is 4. The third-order valence-electron chi connectivity index (χ3n) is 1.91. The summed E-state index contributed by atoms with van der Waals surface area (Å²) in [5.41, 5.74) is -2.87. The lowest BCUT2D eigenvalue weighted by atomic mass is 9.93. The molecule has 0 amide bonds. The Balaban J connectivity index is 5.12. The van der Waals surface area contributed by atoms with Crippen LogP contribution in [-0.2, 0) is 14.3 Å². The molecule has 0 saturated heterocycles. The van der Waals surface area contributed by atoms with Crippen LogP contribution >= 0.6 is 0 Å². The summed E-state index contributed by atoms with van der Waals surface area (Å²) in [6.45, 7) is -1.29. The first-order valence-electron chi connectivity index (χ1n) is 4.32. The minimum atomic E-state index is -2.87. The molecule has 0 rings (SSSR count). The molecule has 0 aliphatic carbocycles. The van der Waals surface area contributed by atoms with E-state index in [9.17, 15) is 19.8 Å². The van der Waals surface area contributed by atoms with Crippen LogP contribution in [0.5, 0.6) is 0 Å². The van der Waals surface area contributed by atoms with Crippen molar-refractivity contribution in [3.05, 3.63) is 0 Å². The lowest BCUT2D eigenvalue weighted by molar-refractivity contribution is -0.204. The maximum atomic E-state index is 10.7. The first-order chi connectivity index (χ1) is 7.29. The second-order valence-corrected chi connectivity index (χ2v) is 3.17. The van der Waals surface area contributed by atoms with Gasteiger partial charge in [0, 0.05) is 6.92 Å². The number of rotatable bonds is 6. The Hall–Kier alpha value is -1.22. The molecule has 0 heterocycles. The molecule has 94 valence electrons. The maximum Gasteiger partial charge on any atom is 0.342 e. The molecule has 0 aliphatic rings. The van der Waals surface area contributed by atoms with E-state index in [1.807, 2.05) is 0 Å². The highest BCUT2D eigenvalue weighted by molar-refractivity contribution is 5.79. The molecule has 5 N–H and O–H groups in total. The summed E-state index contributed by atoms with van der Waals surface area (Å²) < 4.78 is 4.38. The number of hydrogen-bond acceptors (Lipinski definition) is 7. The molecule has 0 fully saturated rings. The van der Waals surface area contributed by atoms with Gasteiger partial charge in [-0.25, -0.2) is 4.79 Å². The summed E-state index contributed by atoms with van der Waals surface area (Å²) in [4.78, 5) is 21.4. The predicted molar refractivity (Wildman–Crippen MR) is 48.3 cm³/mol. The van der Waals surface area contributed by atoms with Gasteiger partial charge in [-0.1, -0.05) is 0 Å². The third-order valence-corrected chi connectivity index (χ3v) is 1.91. The van der Waals surface area contributed by atoms with Gasteiger partial charge in [0.2, 0.25) is 5.60 Å². The first-order valence-corrected chi connectivity index (χ1v) is 4.32. The highest BCUT2D eigenvalue weighted by Gasteiger charge is 2.49. The van der Waals surface area contributed by atoms with Crippen molar-refractivity contribution in [1.29, 1.82) is 0 Å². The Morgan fingerprint density at radius 3 is 2.12 bits per heavy atom. The summed E-state index contributed by atoms with van der Waals surface area (Å²) in [7, 11) is 0. The van der Waals surface area contributed by atoms with Crippen LogP contribution in [0.2, 0.25) is 0 Å². The number of aliphatic carboxylic acids is 1. The molecule has 0 saturated carbocycles. The maximum absolute atomic E-state index is 10.7. The van der Waals surface area contributed by atoms with Crippen molar-refractivity contribution in [3.63, 3.8) is 0 Å². The van der Waals surface area contributed by atoms with E-state index in [1.165, 1.54) is 0 Å². The van der Waals surface area contributed by atoms with Crippen molar-refractivity contribution in [2.24, 2.45) is 0 Å². The molecule has 0 aromatic rings. The Labute approximate surface area is 90.7 Å². The fourth-order valence-electron chi connectivity index (χ4n) is 1.05. The van der Waals surface area contributed by atoms with Gasteiger partial charge < -0.3 is 30.3 Å². The second-order valence-electron chi connectivity index (χ2n) is 3.17. The van der Waals surface area contributed by atoms with Crippen LogP contribution < -0.4 is 0 Å². The summed E-state index contributed by atoms with van der Waals surface area (Å²) in [5.74, 6) is -2.85. The van der Waals surface area contributed by atoms with E-state index in [4.69, 9.17) is 15.3 Å². The van der Waals surface area contributed by atoms with Gasteiger partial charge in [-0.2, -0.15) is 0 Å². The topological polar surface area (TPSA) is 145 Å². The Kier molecular flexibility index (Phi) is 5.31. The molecule has 0 aliphatic heterocycles. The molecular weight excluding hydrogens is 224 g/mol. The van der Waals surface area contributed by atoms with E-state index in [0.717, 1.165) is 6.92 Å². The summed E-state index contributed by atoms with van der Waals surface area (Å²) in [6, 6.07) is 0. The van der Waals surface area contributed by atoms with Gasteiger partial charge in [-0.3, -0.25) is 4.79 Å². The van der Waals surface area contributed by atoms with Crippen LogP contribution in [0.25, 0.3) is 0 Å². The van der Waals surface area contributed by atoms with Gasteiger partial charge >= 0.3 is 11.9 Å². The molecule has 3 unspecified atom stereocenters. The second kappa shape index (κ2) is 5.75. The smallest absolute Gasteiger partial charge is 0.342 e. The van der Waals surface area contributed by atoms with Gasteiger partial charge in [0.25, 0.3) is 0 Å². The zero-order valence-electron chi connectivity index (χ0n) is 8.53. The number of ether oxygens (including phenoxy) is 1. The first kappa shape index (κ1) is 14.8. The zero-order valence-corrected chi connectivity index (χ0v) is 8.53. The predicted octanol–water partition coefficient (Wildman–Crippen LogP) is -2.92. The van der Waals surface area contributed by atoms with Crippen LogP contribution in [-0.4, -0.2) is 68.5 Å². The zero-order chi connectivity index (χ0) is 12.9. The van der Waals surface area contributed by atoms with E-state index in [2.05, 4.69) is 4.74 Å². The standard InChI is InChI=1S/C8H14O8/c1-4(11)16-6(5(12)2-9)8(15,3-10)7(13)14/h5-6,9-10,12,15H,2-3H2,1H3,(H,13,14). The summed E-state index contributed by atoms with van der Waals surface area (Å²) in [5, 5.41) is 44.8. The molecule has 3 atom stereocenters. The molecule has 8 nitrogen and oxygen atoms in total. The fourth-order valence-corrected chi connectivity index (χ4v) is 1.05. The van der Waals surface area contributed by atoms with E-state index >= 15 is 0 Å². The quantitative estimate of drug-likeness (QED) is 0.309. The van der Waals surface area contributed by atoms with Gasteiger partial charge in [0.1, 0.15) is 6.10 Å². The number of carboxylic acid groups (broad SMARTS) is 1. The van der Waals surface area contributed by atoms with Gasteiger partial charge in [0.15, 0.2) is 6.10 Å². The Morgan fingerprint density at radius 2 is 1.88 bits per heavy atom. The molecular formula is C8H14O8. The van der Waals surface area contributed by atoms with Gasteiger partial charge in [-0.05, 0) is 0 Å².